The summed E-state index contributed by atoms with van der Waals surface area (Å²) < 4.78 is 38.0. The van der Waals surface area contributed by atoms with Crippen LogP contribution >= 0.6 is 11.6 Å². The van der Waals surface area contributed by atoms with Gasteiger partial charge < -0.3 is 4.90 Å². The normalized spacial score (nSPS) is 11.6. The van der Waals surface area contributed by atoms with Gasteiger partial charge in [0.25, 0.3) is 5.95 Å². The van der Waals surface area contributed by atoms with E-state index in [1.165, 1.54) is 24.4 Å². The monoisotopic (exact) mass is 293 g/mol. The van der Waals surface area contributed by atoms with E-state index in [0.29, 0.717) is 0 Å². The third-order valence-corrected chi connectivity index (χ3v) is 2.14. The van der Waals surface area contributed by atoms with Crippen molar-refractivity contribution in [3.8, 4) is 5.95 Å². The van der Waals surface area contributed by atoms with E-state index in [9.17, 15) is 13.2 Å². The SMILES string of the molecule is CN(CC(F)(F)F)c1nc(Cl)nc(-n2cncn2)n1. The molecule has 0 aliphatic carbocycles. The number of hydrogen-bond acceptors (Lipinski definition) is 6. The molecule has 11 heteroatoms. The Balaban J connectivity index is 2.32. The molecule has 0 aromatic carbocycles. The second-order valence-corrected chi connectivity index (χ2v) is 3.85. The predicted octanol–water partition coefficient (Wildman–Crippen LogP) is 1.10. The van der Waals surface area contributed by atoms with Gasteiger partial charge in [-0.2, -0.15) is 37.9 Å². The predicted molar refractivity (Wildman–Crippen MR) is 59.1 cm³/mol. The molecule has 0 saturated carbocycles. The van der Waals surface area contributed by atoms with Crippen molar-refractivity contribution >= 4 is 17.5 Å². The number of nitrogens with zero attached hydrogens (tertiary/aromatic N) is 7. The molecular weight excluding hydrogens is 287 g/mol. The summed E-state index contributed by atoms with van der Waals surface area (Å²) >= 11 is 5.65. The van der Waals surface area contributed by atoms with Gasteiger partial charge in [0.2, 0.25) is 11.2 Å². The lowest BCUT2D eigenvalue weighted by Gasteiger charge is -2.18. The van der Waals surface area contributed by atoms with Gasteiger partial charge in [0.1, 0.15) is 19.2 Å². The van der Waals surface area contributed by atoms with Crippen LogP contribution in [0.5, 0.6) is 0 Å². The van der Waals surface area contributed by atoms with E-state index in [-0.39, 0.29) is 17.2 Å². The molecule has 0 unspecified atom stereocenters. The largest absolute Gasteiger partial charge is 0.406 e. The molecule has 0 saturated heterocycles. The minimum Gasteiger partial charge on any atom is -0.335 e. The Morgan fingerprint density at radius 3 is 2.63 bits per heavy atom. The van der Waals surface area contributed by atoms with Crippen LogP contribution in [0.3, 0.4) is 0 Å². The molecule has 0 radical (unpaired) electrons. The van der Waals surface area contributed by atoms with Crippen molar-refractivity contribution in [2.24, 2.45) is 0 Å². The van der Waals surface area contributed by atoms with Crippen molar-refractivity contribution in [3.05, 3.63) is 17.9 Å². The summed E-state index contributed by atoms with van der Waals surface area (Å²) in [6, 6.07) is 0. The van der Waals surface area contributed by atoms with Gasteiger partial charge >= 0.3 is 6.18 Å². The van der Waals surface area contributed by atoms with Gasteiger partial charge in [-0.25, -0.2) is 4.98 Å². The Hall–Kier alpha value is -1.97. The molecule has 0 atom stereocenters. The first-order valence-electron chi connectivity index (χ1n) is 4.89. The van der Waals surface area contributed by atoms with Gasteiger partial charge in [-0.05, 0) is 11.6 Å². The van der Waals surface area contributed by atoms with Crippen molar-refractivity contribution in [1.29, 1.82) is 0 Å². The summed E-state index contributed by atoms with van der Waals surface area (Å²) in [5.41, 5.74) is 0. The van der Waals surface area contributed by atoms with Crippen LogP contribution in [0.15, 0.2) is 12.7 Å². The Morgan fingerprint density at radius 1 is 1.32 bits per heavy atom. The number of alkyl halides is 3. The van der Waals surface area contributed by atoms with Crippen molar-refractivity contribution in [2.45, 2.75) is 6.18 Å². The zero-order valence-corrected chi connectivity index (χ0v) is 10.3. The Morgan fingerprint density at radius 2 is 2.05 bits per heavy atom. The van der Waals surface area contributed by atoms with Gasteiger partial charge in [0.05, 0.1) is 0 Å². The maximum atomic E-state index is 12.3. The summed E-state index contributed by atoms with van der Waals surface area (Å²) in [7, 11) is 1.20. The molecule has 2 heterocycles. The second kappa shape index (κ2) is 4.96. The third kappa shape index (κ3) is 3.50. The van der Waals surface area contributed by atoms with Crippen LogP contribution in [-0.2, 0) is 0 Å². The Labute approximate surface area is 110 Å². The average molecular weight is 294 g/mol. The first-order chi connectivity index (χ1) is 8.85. The zero-order chi connectivity index (χ0) is 14.0. The lowest BCUT2D eigenvalue weighted by atomic mass is 10.5. The molecule has 2 aromatic heterocycles. The number of halogens is 4. The molecule has 102 valence electrons. The number of anilines is 1. The molecule has 19 heavy (non-hydrogen) atoms. The molecule has 2 rings (SSSR count). The van der Waals surface area contributed by atoms with Crippen molar-refractivity contribution in [3.63, 3.8) is 0 Å². The van der Waals surface area contributed by atoms with E-state index in [4.69, 9.17) is 11.6 Å². The molecule has 0 bridgehead atoms. The van der Waals surface area contributed by atoms with Crippen LogP contribution in [0.4, 0.5) is 19.1 Å². The summed E-state index contributed by atoms with van der Waals surface area (Å²) in [6.07, 6.45) is -1.85. The summed E-state index contributed by atoms with van der Waals surface area (Å²) in [5, 5.41) is 3.52. The van der Waals surface area contributed by atoms with E-state index >= 15 is 0 Å². The number of aromatic nitrogens is 6. The second-order valence-electron chi connectivity index (χ2n) is 3.52. The fourth-order valence-electron chi connectivity index (χ4n) is 1.25. The molecule has 0 spiro atoms. The maximum Gasteiger partial charge on any atom is 0.406 e. The summed E-state index contributed by atoms with van der Waals surface area (Å²) in [6.45, 7) is -1.20. The van der Waals surface area contributed by atoms with E-state index in [0.717, 1.165) is 4.90 Å². The minimum absolute atomic E-state index is 0.0125. The van der Waals surface area contributed by atoms with Crippen LogP contribution in [0.1, 0.15) is 0 Å². The average Bonchev–Trinajstić information content (AvgIpc) is 2.79. The maximum absolute atomic E-state index is 12.3. The van der Waals surface area contributed by atoms with Crippen molar-refractivity contribution in [2.75, 3.05) is 18.5 Å². The lowest BCUT2D eigenvalue weighted by molar-refractivity contribution is -0.119. The van der Waals surface area contributed by atoms with Crippen LogP contribution in [0, 0.1) is 0 Å². The Bertz CT molecular complexity index is 556. The lowest BCUT2D eigenvalue weighted by Crippen LogP contribution is -2.32. The minimum atomic E-state index is -4.37. The smallest absolute Gasteiger partial charge is 0.335 e. The zero-order valence-electron chi connectivity index (χ0n) is 9.50. The summed E-state index contributed by atoms with van der Waals surface area (Å²) in [5.74, 6) is -0.218. The van der Waals surface area contributed by atoms with E-state index in [2.05, 4.69) is 25.0 Å². The van der Waals surface area contributed by atoms with Gasteiger partial charge in [-0.15, -0.1) is 0 Å². The topological polar surface area (TPSA) is 72.6 Å². The Kier molecular flexibility index (Phi) is 3.51. The molecule has 7 nitrogen and oxygen atoms in total. The fourth-order valence-corrected chi connectivity index (χ4v) is 1.40. The standard InChI is InChI=1S/C8H7ClF3N7/c1-18(2-8(10,11)12)6-15-5(9)16-7(17-6)19-4-13-3-14-19/h3-4H,2H2,1H3. The van der Waals surface area contributed by atoms with Crippen LogP contribution in [0.2, 0.25) is 5.28 Å². The first-order valence-corrected chi connectivity index (χ1v) is 5.27. The van der Waals surface area contributed by atoms with E-state index < -0.39 is 12.7 Å². The van der Waals surface area contributed by atoms with Gasteiger partial charge in [-0.3, -0.25) is 0 Å². The van der Waals surface area contributed by atoms with E-state index in [1.54, 1.807) is 0 Å². The highest BCUT2D eigenvalue weighted by Gasteiger charge is 2.30. The fraction of sp³-hybridized carbons (Fsp3) is 0.375. The molecule has 2 aromatic rings. The first kappa shape index (κ1) is 13.5. The molecule has 0 N–H and O–H groups in total. The molecular formula is C8H7ClF3N7. The quantitative estimate of drug-likeness (QED) is 0.844. The van der Waals surface area contributed by atoms with Crippen molar-refractivity contribution in [1.82, 2.24) is 29.7 Å². The van der Waals surface area contributed by atoms with Crippen LogP contribution in [-0.4, -0.2) is 49.5 Å². The highest BCUT2D eigenvalue weighted by Crippen LogP contribution is 2.19. The number of hydrogen-bond donors (Lipinski definition) is 0. The van der Waals surface area contributed by atoms with Gasteiger partial charge in [-0.1, -0.05) is 0 Å². The van der Waals surface area contributed by atoms with Gasteiger partial charge in [0.15, 0.2) is 0 Å². The molecule has 0 fully saturated rings. The summed E-state index contributed by atoms with van der Waals surface area (Å²) in [4.78, 5) is 15.7. The highest BCUT2D eigenvalue weighted by molar-refractivity contribution is 6.28. The van der Waals surface area contributed by atoms with Crippen LogP contribution < -0.4 is 4.90 Å². The molecule has 0 aliphatic rings. The highest BCUT2D eigenvalue weighted by atomic mass is 35.5. The third-order valence-electron chi connectivity index (χ3n) is 1.97. The molecule has 0 amide bonds. The van der Waals surface area contributed by atoms with E-state index in [1.807, 2.05) is 0 Å². The van der Waals surface area contributed by atoms with Gasteiger partial charge in [0, 0.05) is 7.05 Å². The van der Waals surface area contributed by atoms with Crippen molar-refractivity contribution < 1.29 is 13.2 Å². The molecule has 0 aliphatic heterocycles. The number of rotatable bonds is 3. The van der Waals surface area contributed by atoms with Crippen LogP contribution in [0.25, 0.3) is 5.95 Å².